The predicted octanol–water partition coefficient (Wildman–Crippen LogP) is 3.48. The van der Waals surface area contributed by atoms with Crippen LogP contribution < -0.4 is 11.1 Å². The van der Waals surface area contributed by atoms with Crippen molar-refractivity contribution < 1.29 is 35.9 Å². The summed E-state index contributed by atoms with van der Waals surface area (Å²) in [5.41, 5.74) is 3.83. The topological polar surface area (TPSA) is 72.2 Å². The number of rotatable bonds is 6. The zero-order chi connectivity index (χ0) is 21.8. The van der Waals surface area contributed by atoms with Gasteiger partial charge in [0.1, 0.15) is 6.04 Å². The third kappa shape index (κ3) is 6.51. The van der Waals surface area contributed by atoms with Crippen LogP contribution >= 0.6 is 0 Å². The second-order valence-corrected chi connectivity index (χ2v) is 6.30. The van der Waals surface area contributed by atoms with E-state index in [4.69, 9.17) is 5.73 Å². The molecule has 1 atom stereocenters. The summed E-state index contributed by atoms with van der Waals surface area (Å²) in [5.74, 6) is -1.66. The summed E-state index contributed by atoms with van der Waals surface area (Å²) in [6.45, 7) is 0. The van der Waals surface area contributed by atoms with Gasteiger partial charge < -0.3 is 11.1 Å². The van der Waals surface area contributed by atoms with E-state index in [2.05, 4.69) is 5.32 Å². The van der Waals surface area contributed by atoms with Crippen molar-refractivity contribution >= 4 is 11.8 Å². The van der Waals surface area contributed by atoms with Gasteiger partial charge in [-0.2, -0.15) is 26.3 Å². The first-order valence-electron chi connectivity index (χ1n) is 8.27. The van der Waals surface area contributed by atoms with Crippen LogP contribution in [-0.4, -0.2) is 17.9 Å². The Kier molecular flexibility index (Phi) is 6.55. The van der Waals surface area contributed by atoms with Crippen molar-refractivity contribution in [2.24, 2.45) is 5.73 Å². The molecule has 29 heavy (non-hydrogen) atoms. The maximum Gasteiger partial charge on any atom is 0.416 e. The van der Waals surface area contributed by atoms with Gasteiger partial charge in [0.25, 0.3) is 0 Å². The van der Waals surface area contributed by atoms with E-state index < -0.39 is 41.3 Å². The first kappa shape index (κ1) is 22.3. The molecule has 4 nitrogen and oxygen atoms in total. The third-order valence-corrected chi connectivity index (χ3v) is 4.02. The van der Waals surface area contributed by atoms with Crippen molar-refractivity contribution in [2.45, 2.75) is 31.2 Å². The van der Waals surface area contributed by atoms with E-state index in [0.717, 1.165) is 36.4 Å². The van der Waals surface area contributed by atoms with E-state index >= 15 is 0 Å². The molecule has 156 valence electrons. The van der Waals surface area contributed by atoms with Crippen LogP contribution in [0.4, 0.5) is 26.3 Å². The number of alkyl halides is 6. The Labute approximate surface area is 161 Å². The molecule has 0 radical (unpaired) electrons. The normalized spacial score (nSPS) is 13.0. The predicted molar refractivity (Wildman–Crippen MR) is 91.4 cm³/mol. The van der Waals surface area contributed by atoms with Crippen LogP contribution in [0.1, 0.15) is 22.3 Å². The van der Waals surface area contributed by atoms with E-state index in [1.54, 1.807) is 0 Å². The molecule has 0 fully saturated rings. The number of hydrogen-bond donors (Lipinski definition) is 2. The lowest BCUT2D eigenvalue weighted by Gasteiger charge is -2.17. The molecule has 0 heterocycles. The number of primary amides is 1. The van der Waals surface area contributed by atoms with Crippen LogP contribution in [0.3, 0.4) is 0 Å². The van der Waals surface area contributed by atoms with E-state index in [1.165, 1.54) is 12.1 Å². The molecular weight excluding hydrogens is 402 g/mol. The first-order valence-corrected chi connectivity index (χ1v) is 8.27. The number of carbonyl (C=O) groups excluding carboxylic acids is 2. The summed E-state index contributed by atoms with van der Waals surface area (Å²) in [4.78, 5) is 23.7. The van der Waals surface area contributed by atoms with Crippen LogP contribution in [-0.2, 0) is 34.8 Å². The summed E-state index contributed by atoms with van der Waals surface area (Å²) < 4.78 is 76.0. The molecule has 0 aliphatic rings. The lowest BCUT2D eigenvalue weighted by atomic mass is 10.0. The highest BCUT2D eigenvalue weighted by Gasteiger charge is 2.31. The Morgan fingerprint density at radius 1 is 0.862 bits per heavy atom. The van der Waals surface area contributed by atoms with Gasteiger partial charge >= 0.3 is 12.4 Å². The molecule has 0 aromatic heterocycles. The van der Waals surface area contributed by atoms with Gasteiger partial charge in [0.2, 0.25) is 11.8 Å². The van der Waals surface area contributed by atoms with Gasteiger partial charge in [0, 0.05) is 6.42 Å². The van der Waals surface area contributed by atoms with Gasteiger partial charge in [-0.15, -0.1) is 0 Å². The van der Waals surface area contributed by atoms with E-state index in [9.17, 15) is 35.9 Å². The van der Waals surface area contributed by atoms with Gasteiger partial charge in [-0.3, -0.25) is 9.59 Å². The Balaban J connectivity index is 2.05. The number of amides is 2. The second kappa shape index (κ2) is 8.54. The molecule has 0 saturated heterocycles. The minimum Gasteiger partial charge on any atom is -0.368 e. The van der Waals surface area contributed by atoms with Gasteiger partial charge in [0.15, 0.2) is 0 Å². The van der Waals surface area contributed by atoms with Crippen LogP contribution in [0.5, 0.6) is 0 Å². The average Bonchev–Trinajstić information content (AvgIpc) is 2.60. The Bertz CT molecular complexity index is 876. The van der Waals surface area contributed by atoms with Crippen molar-refractivity contribution in [3.05, 3.63) is 70.8 Å². The highest BCUT2D eigenvalue weighted by molar-refractivity contribution is 5.87. The molecule has 2 aromatic rings. The number of halogens is 6. The molecule has 3 N–H and O–H groups in total. The van der Waals surface area contributed by atoms with Gasteiger partial charge in [-0.05, 0) is 29.3 Å². The van der Waals surface area contributed by atoms with Crippen molar-refractivity contribution in [1.82, 2.24) is 5.32 Å². The van der Waals surface area contributed by atoms with Crippen molar-refractivity contribution in [3.8, 4) is 0 Å². The molecule has 0 aliphatic carbocycles. The molecule has 2 amide bonds. The largest absolute Gasteiger partial charge is 0.416 e. The Morgan fingerprint density at radius 2 is 1.45 bits per heavy atom. The highest BCUT2D eigenvalue weighted by atomic mass is 19.4. The summed E-state index contributed by atoms with van der Waals surface area (Å²) in [6.07, 6.45) is -9.67. The number of nitrogens with two attached hydrogens (primary N) is 1. The van der Waals surface area contributed by atoms with Crippen LogP contribution in [0.25, 0.3) is 0 Å². The van der Waals surface area contributed by atoms with Crippen LogP contribution in [0.2, 0.25) is 0 Å². The molecule has 2 rings (SSSR count). The number of benzene rings is 2. The van der Waals surface area contributed by atoms with Crippen molar-refractivity contribution in [1.29, 1.82) is 0 Å². The number of nitrogens with one attached hydrogen (secondary N) is 1. The molecule has 0 bridgehead atoms. The van der Waals surface area contributed by atoms with Crippen molar-refractivity contribution in [2.75, 3.05) is 0 Å². The summed E-state index contributed by atoms with van der Waals surface area (Å²) in [7, 11) is 0. The molecule has 10 heteroatoms. The molecule has 0 saturated carbocycles. The maximum absolute atomic E-state index is 12.8. The van der Waals surface area contributed by atoms with Gasteiger partial charge in [-0.1, -0.05) is 30.3 Å². The Hall–Kier alpha value is -3.04. The lowest BCUT2D eigenvalue weighted by Crippen LogP contribution is -2.46. The SMILES string of the molecule is NC(=O)[C@H](Cc1cccc(C(F)(F)F)c1)NC(=O)Cc1ccc(C(F)(F)F)cc1. The third-order valence-electron chi connectivity index (χ3n) is 4.02. The smallest absolute Gasteiger partial charge is 0.368 e. The summed E-state index contributed by atoms with van der Waals surface area (Å²) in [5, 5.41) is 2.30. The van der Waals surface area contributed by atoms with E-state index in [-0.39, 0.29) is 24.0 Å². The minimum atomic E-state index is -4.57. The molecule has 0 spiro atoms. The molecule has 0 unspecified atom stereocenters. The standard InChI is InChI=1S/C19H16F6N2O2/c20-18(21,22)13-6-4-11(5-7-13)10-16(28)27-15(17(26)29)9-12-2-1-3-14(8-12)19(23,24)25/h1-8,15H,9-10H2,(H2,26,29)(H,27,28)/t15-/m0/s1. The zero-order valence-electron chi connectivity index (χ0n) is 14.8. The van der Waals surface area contributed by atoms with Crippen LogP contribution in [0, 0.1) is 0 Å². The Morgan fingerprint density at radius 3 is 1.97 bits per heavy atom. The minimum absolute atomic E-state index is 0.137. The first-order chi connectivity index (χ1) is 13.4. The molecule has 0 aliphatic heterocycles. The highest BCUT2D eigenvalue weighted by Crippen LogP contribution is 2.30. The summed E-state index contributed by atoms with van der Waals surface area (Å²) in [6, 6.07) is 6.83. The van der Waals surface area contributed by atoms with Gasteiger partial charge in [-0.25, -0.2) is 0 Å². The fraction of sp³-hybridized carbons (Fsp3) is 0.263. The molecule has 2 aromatic carbocycles. The quantitative estimate of drug-likeness (QED) is 0.706. The lowest BCUT2D eigenvalue weighted by molar-refractivity contribution is -0.138. The van der Waals surface area contributed by atoms with Gasteiger partial charge in [0.05, 0.1) is 17.5 Å². The number of carbonyl (C=O) groups is 2. The van der Waals surface area contributed by atoms with E-state index in [0.29, 0.717) is 0 Å². The summed E-state index contributed by atoms with van der Waals surface area (Å²) >= 11 is 0. The fourth-order valence-electron chi connectivity index (χ4n) is 2.58. The second-order valence-electron chi connectivity index (χ2n) is 6.30. The average molecular weight is 418 g/mol. The van der Waals surface area contributed by atoms with Crippen molar-refractivity contribution in [3.63, 3.8) is 0 Å². The monoisotopic (exact) mass is 418 g/mol. The van der Waals surface area contributed by atoms with E-state index in [1.807, 2.05) is 0 Å². The maximum atomic E-state index is 12.8. The number of hydrogen-bond acceptors (Lipinski definition) is 2. The zero-order valence-corrected chi connectivity index (χ0v) is 14.8. The van der Waals surface area contributed by atoms with Crippen LogP contribution in [0.15, 0.2) is 48.5 Å². The fourth-order valence-corrected chi connectivity index (χ4v) is 2.58. The molecular formula is C19H16F6N2O2.